The van der Waals surface area contributed by atoms with Gasteiger partial charge in [0.05, 0.1) is 10.3 Å². The quantitative estimate of drug-likeness (QED) is 0.790. The highest BCUT2D eigenvalue weighted by atomic mass is 32.2. The molecule has 1 saturated carbocycles. The fourth-order valence-electron chi connectivity index (χ4n) is 1.58. The van der Waals surface area contributed by atoms with Crippen molar-refractivity contribution in [2.24, 2.45) is 0 Å². The smallest absolute Gasteiger partial charge is 0.244 e. The van der Waals surface area contributed by atoms with E-state index in [2.05, 4.69) is 10.3 Å². The number of amides is 1. The number of thioether (sulfide) groups is 1. The summed E-state index contributed by atoms with van der Waals surface area (Å²) in [4.78, 5) is 16.1. The van der Waals surface area contributed by atoms with Crippen molar-refractivity contribution in [2.75, 3.05) is 14.1 Å². The summed E-state index contributed by atoms with van der Waals surface area (Å²) < 4.78 is 25.0. The number of carbonyl (C=O) groups is 1. The number of pyridine rings is 1. The van der Waals surface area contributed by atoms with E-state index >= 15 is 0 Å². The fourth-order valence-corrected chi connectivity index (χ4v) is 3.23. The molecule has 0 aromatic carbocycles. The first-order valence-corrected chi connectivity index (χ1v) is 8.98. The molecule has 1 heterocycles. The van der Waals surface area contributed by atoms with Gasteiger partial charge in [0.25, 0.3) is 0 Å². The zero-order valence-electron chi connectivity index (χ0n) is 12.2. The molecule has 2 rings (SSSR count). The van der Waals surface area contributed by atoms with Crippen LogP contribution in [0.5, 0.6) is 0 Å². The maximum absolute atomic E-state index is 11.9. The molecular weight excluding hydrogens is 310 g/mol. The molecule has 21 heavy (non-hydrogen) atoms. The van der Waals surface area contributed by atoms with Gasteiger partial charge in [-0.05, 0) is 31.9 Å². The molecule has 0 saturated heterocycles. The van der Waals surface area contributed by atoms with Gasteiger partial charge in [0.15, 0.2) is 0 Å². The molecule has 0 aliphatic heterocycles. The van der Waals surface area contributed by atoms with Gasteiger partial charge in [-0.25, -0.2) is 17.7 Å². The minimum absolute atomic E-state index is 0.00529. The standard InChI is InChI=1S/C13H19N3O3S2/c1-9(13(17)15-10-4-5-10)20-12-7-6-11(8-14-12)21(18,19)16(2)3/h6-10H,4-5H2,1-3H3,(H,15,17)/t9-/m1/s1. The van der Waals surface area contributed by atoms with E-state index in [0.29, 0.717) is 11.1 Å². The Morgan fingerprint density at radius 2 is 2.10 bits per heavy atom. The van der Waals surface area contributed by atoms with E-state index < -0.39 is 10.0 Å². The molecule has 116 valence electrons. The first-order chi connectivity index (χ1) is 9.80. The normalized spacial score (nSPS) is 16.8. The summed E-state index contributed by atoms with van der Waals surface area (Å²) in [6, 6.07) is 3.47. The van der Waals surface area contributed by atoms with E-state index in [4.69, 9.17) is 0 Å². The molecule has 6 nitrogen and oxygen atoms in total. The van der Waals surface area contributed by atoms with Crippen LogP contribution < -0.4 is 5.32 Å². The van der Waals surface area contributed by atoms with Gasteiger partial charge < -0.3 is 5.32 Å². The van der Waals surface area contributed by atoms with Crippen LogP contribution in [-0.2, 0) is 14.8 Å². The average Bonchev–Trinajstić information content (AvgIpc) is 3.23. The molecule has 0 radical (unpaired) electrons. The SMILES string of the molecule is C[C@@H](Sc1ccc(S(=O)(=O)N(C)C)cn1)C(=O)NC1CC1. The summed E-state index contributed by atoms with van der Waals surface area (Å²) in [7, 11) is -0.515. The van der Waals surface area contributed by atoms with Crippen LogP contribution >= 0.6 is 11.8 Å². The van der Waals surface area contributed by atoms with Crippen molar-refractivity contribution in [3.8, 4) is 0 Å². The summed E-state index contributed by atoms with van der Waals surface area (Å²) in [5.74, 6) is -0.00529. The topological polar surface area (TPSA) is 79.4 Å². The molecule has 1 amide bonds. The van der Waals surface area contributed by atoms with Crippen molar-refractivity contribution in [2.45, 2.75) is 41.0 Å². The summed E-state index contributed by atoms with van der Waals surface area (Å²) in [5.41, 5.74) is 0. The number of sulfonamides is 1. The fraction of sp³-hybridized carbons (Fsp3) is 0.538. The van der Waals surface area contributed by atoms with Crippen LogP contribution in [0.4, 0.5) is 0 Å². The lowest BCUT2D eigenvalue weighted by Crippen LogP contribution is -2.32. The summed E-state index contributed by atoms with van der Waals surface area (Å²) in [6.07, 6.45) is 3.43. The van der Waals surface area contributed by atoms with Gasteiger partial charge >= 0.3 is 0 Å². The summed E-state index contributed by atoms with van der Waals surface area (Å²) in [6.45, 7) is 1.81. The van der Waals surface area contributed by atoms with Gasteiger partial charge in [0, 0.05) is 26.3 Å². The zero-order valence-corrected chi connectivity index (χ0v) is 13.9. The van der Waals surface area contributed by atoms with Gasteiger partial charge in [-0.15, -0.1) is 0 Å². The average molecular weight is 329 g/mol. The second kappa shape index (κ2) is 6.33. The number of rotatable bonds is 6. The number of aromatic nitrogens is 1. The second-order valence-corrected chi connectivity index (χ2v) is 8.68. The Kier molecular flexibility index (Phi) is 4.90. The Balaban J connectivity index is 2.00. The number of carbonyl (C=O) groups excluding carboxylic acids is 1. The molecule has 1 aromatic heterocycles. The van der Waals surface area contributed by atoms with E-state index in [1.807, 2.05) is 6.92 Å². The first kappa shape index (κ1) is 16.3. The summed E-state index contributed by atoms with van der Waals surface area (Å²) in [5, 5.41) is 3.31. The van der Waals surface area contributed by atoms with Crippen LogP contribution in [0.3, 0.4) is 0 Å². The molecule has 0 unspecified atom stereocenters. The van der Waals surface area contributed by atoms with Crippen LogP contribution in [-0.4, -0.2) is 49.0 Å². The Hall–Kier alpha value is -1.12. The molecule has 0 spiro atoms. The molecule has 0 bridgehead atoms. The van der Waals surface area contributed by atoms with E-state index in [1.165, 1.54) is 38.1 Å². The maximum Gasteiger partial charge on any atom is 0.244 e. The van der Waals surface area contributed by atoms with E-state index in [0.717, 1.165) is 17.1 Å². The van der Waals surface area contributed by atoms with Gasteiger partial charge in [-0.3, -0.25) is 4.79 Å². The highest BCUT2D eigenvalue weighted by Gasteiger charge is 2.26. The Bertz CT molecular complexity index is 610. The second-order valence-electron chi connectivity index (χ2n) is 5.16. The predicted molar refractivity (Wildman–Crippen MR) is 81.6 cm³/mol. The molecule has 1 aliphatic rings. The lowest BCUT2D eigenvalue weighted by atomic mass is 10.4. The molecule has 1 atom stereocenters. The van der Waals surface area contributed by atoms with Crippen LogP contribution in [0.2, 0.25) is 0 Å². The van der Waals surface area contributed by atoms with E-state index in [1.54, 1.807) is 6.07 Å². The van der Waals surface area contributed by atoms with Crippen molar-refractivity contribution in [1.82, 2.24) is 14.6 Å². The van der Waals surface area contributed by atoms with E-state index in [9.17, 15) is 13.2 Å². The largest absolute Gasteiger partial charge is 0.352 e. The lowest BCUT2D eigenvalue weighted by Gasteiger charge is -2.13. The third-order valence-electron chi connectivity index (χ3n) is 3.08. The van der Waals surface area contributed by atoms with Crippen molar-refractivity contribution < 1.29 is 13.2 Å². The van der Waals surface area contributed by atoms with Gasteiger partial charge in [0.1, 0.15) is 4.90 Å². The van der Waals surface area contributed by atoms with Crippen molar-refractivity contribution in [1.29, 1.82) is 0 Å². The number of nitrogens with zero attached hydrogens (tertiary/aromatic N) is 2. The molecular formula is C13H19N3O3S2. The highest BCUT2D eigenvalue weighted by molar-refractivity contribution is 8.00. The maximum atomic E-state index is 11.9. The number of hydrogen-bond donors (Lipinski definition) is 1. The van der Waals surface area contributed by atoms with Gasteiger partial charge in [-0.1, -0.05) is 11.8 Å². The molecule has 1 fully saturated rings. The van der Waals surface area contributed by atoms with Crippen LogP contribution in [0.15, 0.2) is 28.3 Å². The molecule has 8 heteroatoms. The van der Waals surface area contributed by atoms with Crippen molar-refractivity contribution in [3.05, 3.63) is 18.3 Å². The van der Waals surface area contributed by atoms with E-state index in [-0.39, 0.29) is 16.1 Å². The van der Waals surface area contributed by atoms with Gasteiger partial charge in [0.2, 0.25) is 15.9 Å². The van der Waals surface area contributed by atoms with Gasteiger partial charge in [-0.2, -0.15) is 0 Å². The van der Waals surface area contributed by atoms with Crippen LogP contribution in [0.25, 0.3) is 0 Å². The third kappa shape index (κ3) is 4.18. The van der Waals surface area contributed by atoms with Crippen LogP contribution in [0.1, 0.15) is 19.8 Å². The zero-order chi connectivity index (χ0) is 15.6. The predicted octanol–water partition coefficient (Wildman–Crippen LogP) is 1.09. The minimum Gasteiger partial charge on any atom is -0.352 e. The highest BCUT2D eigenvalue weighted by Crippen LogP contribution is 2.25. The lowest BCUT2D eigenvalue weighted by molar-refractivity contribution is -0.120. The Morgan fingerprint density at radius 1 is 1.43 bits per heavy atom. The number of hydrogen-bond acceptors (Lipinski definition) is 5. The Labute approximate surface area is 129 Å². The number of nitrogens with one attached hydrogen (secondary N) is 1. The summed E-state index contributed by atoms with van der Waals surface area (Å²) >= 11 is 1.32. The van der Waals surface area contributed by atoms with Crippen molar-refractivity contribution in [3.63, 3.8) is 0 Å². The minimum atomic E-state index is -3.46. The molecule has 1 aromatic rings. The molecule has 1 aliphatic carbocycles. The molecule has 1 N–H and O–H groups in total. The Morgan fingerprint density at radius 3 is 2.57 bits per heavy atom. The van der Waals surface area contributed by atoms with Crippen molar-refractivity contribution >= 4 is 27.7 Å². The monoisotopic (exact) mass is 329 g/mol. The first-order valence-electron chi connectivity index (χ1n) is 6.66. The van der Waals surface area contributed by atoms with Crippen LogP contribution in [0, 0.1) is 0 Å². The third-order valence-corrected chi connectivity index (χ3v) is 5.93.